The van der Waals surface area contributed by atoms with Gasteiger partial charge in [0.15, 0.2) is 0 Å². The summed E-state index contributed by atoms with van der Waals surface area (Å²) < 4.78 is 0. The minimum Gasteiger partial charge on any atom is -0.478 e. The number of aromatic carboxylic acids is 1. The van der Waals surface area contributed by atoms with Crippen molar-refractivity contribution >= 4 is 5.97 Å². The highest BCUT2D eigenvalue weighted by molar-refractivity contribution is 5.86. The number of hydrogen-bond acceptors (Lipinski definition) is 4. The molecule has 1 aromatic heterocycles. The molecule has 1 saturated heterocycles. The van der Waals surface area contributed by atoms with Crippen molar-refractivity contribution in [3.05, 3.63) is 23.8 Å². The quantitative estimate of drug-likeness (QED) is 0.744. The molecule has 0 bridgehead atoms. The Bertz CT molecular complexity index is 344. The standard InChI is InChI=1S/C10H13N3O2/c14-10(15)8-5-12-9(13-6-8)7-1-3-11-4-2-7/h5-7,11H,1-4H2,(H,14,15). The van der Waals surface area contributed by atoms with Crippen LogP contribution in [0.15, 0.2) is 12.4 Å². The van der Waals surface area contributed by atoms with Gasteiger partial charge in [0.25, 0.3) is 0 Å². The average molecular weight is 207 g/mol. The second kappa shape index (κ2) is 4.35. The van der Waals surface area contributed by atoms with E-state index in [-0.39, 0.29) is 5.56 Å². The van der Waals surface area contributed by atoms with Gasteiger partial charge in [0.05, 0.1) is 5.56 Å². The Morgan fingerprint density at radius 3 is 2.47 bits per heavy atom. The number of carboxylic acids is 1. The third kappa shape index (κ3) is 2.30. The zero-order chi connectivity index (χ0) is 10.7. The van der Waals surface area contributed by atoms with E-state index < -0.39 is 5.97 Å². The largest absolute Gasteiger partial charge is 0.478 e. The van der Waals surface area contributed by atoms with Crippen molar-refractivity contribution < 1.29 is 9.90 Å². The minimum atomic E-state index is -0.980. The van der Waals surface area contributed by atoms with Gasteiger partial charge >= 0.3 is 5.97 Å². The van der Waals surface area contributed by atoms with Crippen molar-refractivity contribution in [3.8, 4) is 0 Å². The van der Waals surface area contributed by atoms with Crippen LogP contribution >= 0.6 is 0 Å². The predicted octanol–water partition coefficient (Wildman–Crippen LogP) is 0.642. The summed E-state index contributed by atoms with van der Waals surface area (Å²) in [5, 5.41) is 12.0. The predicted molar refractivity (Wildman–Crippen MR) is 53.8 cm³/mol. The van der Waals surface area contributed by atoms with Crippen LogP contribution in [0.25, 0.3) is 0 Å². The lowest BCUT2D eigenvalue weighted by Crippen LogP contribution is -2.27. The summed E-state index contributed by atoms with van der Waals surface area (Å²) in [4.78, 5) is 18.8. The SMILES string of the molecule is O=C(O)c1cnc(C2CCNCC2)nc1. The van der Waals surface area contributed by atoms with E-state index in [0.717, 1.165) is 31.8 Å². The number of nitrogens with one attached hydrogen (secondary N) is 1. The van der Waals surface area contributed by atoms with Crippen LogP contribution in [0.1, 0.15) is 34.9 Å². The highest BCUT2D eigenvalue weighted by Gasteiger charge is 2.17. The molecule has 5 nitrogen and oxygen atoms in total. The molecule has 1 aliphatic heterocycles. The third-order valence-electron chi connectivity index (χ3n) is 2.62. The van der Waals surface area contributed by atoms with Gasteiger partial charge in [-0.1, -0.05) is 0 Å². The maximum atomic E-state index is 10.6. The lowest BCUT2D eigenvalue weighted by molar-refractivity contribution is 0.0696. The molecular formula is C10H13N3O2. The molecule has 0 aliphatic carbocycles. The van der Waals surface area contributed by atoms with Crippen LogP contribution < -0.4 is 5.32 Å². The molecule has 0 saturated carbocycles. The molecule has 0 aromatic carbocycles. The van der Waals surface area contributed by atoms with Gasteiger partial charge in [0.2, 0.25) is 0 Å². The molecule has 1 aromatic rings. The van der Waals surface area contributed by atoms with Gasteiger partial charge in [-0.2, -0.15) is 0 Å². The van der Waals surface area contributed by atoms with Crippen LogP contribution in [-0.2, 0) is 0 Å². The van der Waals surface area contributed by atoms with E-state index in [1.807, 2.05) is 0 Å². The van der Waals surface area contributed by atoms with Crippen LogP contribution in [0.5, 0.6) is 0 Å². The molecule has 0 spiro atoms. The average Bonchev–Trinajstić information content (AvgIpc) is 2.30. The van der Waals surface area contributed by atoms with Crippen molar-refractivity contribution in [3.63, 3.8) is 0 Å². The molecule has 0 unspecified atom stereocenters. The van der Waals surface area contributed by atoms with Crippen molar-refractivity contribution in [2.75, 3.05) is 13.1 Å². The van der Waals surface area contributed by atoms with E-state index in [2.05, 4.69) is 15.3 Å². The Morgan fingerprint density at radius 1 is 1.33 bits per heavy atom. The first kappa shape index (κ1) is 10.0. The molecule has 1 fully saturated rings. The monoisotopic (exact) mass is 207 g/mol. The number of piperidine rings is 1. The summed E-state index contributed by atoms with van der Waals surface area (Å²) in [7, 11) is 0. The molecule has 15 heavy (non-hydrogen) atoms. The van der Waals surface area contributed by atoms with E-state index in [9.17, 15) is 4.79 Å². The van der Waals surface area contributed by atoms with Crippen molar-refractivity contribution in [2.24, 2.45) is 0 Å². The Balaban J connectivity index is 2.11. The number of carbonyl (C=O) groups is 1. The Morgan fingerprint density at radius 2 is 1.93 bits per heavy atom. The maximum Gasteiger partial charge on any atom is 0.338 e. The molecule has 80 valence electrons. The fourth-order valence-electron chi connectivity index (χ4n) is 1.74. The first-order chi connectivity index (χ1) is 7.27. The number of hydrogen-bond donors (Lipinski definition) is 2. The summed E-state index contributed by atoms with van der Waals surface area (Å²) in [6.07, 6.45) is 4.80. The van der Waals surface area contributed by atoms with E-state index in [1.54, 1.807) is 0 Å². The normalized spacial score (nSPS) is 17.6. The van der Waals surface area contributed by atoms with Gasteiger partial charge in [-0.15, -0.1) is 0 Å². The molecule has 2 rings (SSSR count). The fourth-order valence-corrected chi connectivity index (χ4v) is 1.74. The zero-order valence-electron chi connectivity index (χ0n) is 8.31. The van der Waals surface area contributed by atoms with E-state index in [1.165, 1.54) is 12.4 Å². The molecule has 5 heteroatoms. The first-order valence-corrected chi connectivity index (χ1v) is 5.03. The van der Waals surface area contributed by atoms with Crippen LogP contribution in [0.3, 0.4) is 0 Å². The molecular weight excluding hydrogens is 194 g/mol. The van der Waals surface area contributed by atoms with Crippen LogP contribution in [0.2, 0.25) is 0 Å². The summed E-state index contributed by atoms with van der Waals surface area (Å²) in [6.45, 7) is 1.96. The van der Waals surface area contributed by atoms with Gasteiger partial charge < -0.3 is 10.4 Å². The van der Waals surface area contributed by atoms with Gasteiger partial charge in [-0.25, -0.2) is 14.8 Å². The lowest BCUT2D eigenvalue weighted by atomic mass is 9.97. The highest BCUT2D eigenvalue weighted by atomic mass is 16.4. The van der Waals surface area contributed by atoms with Crippen LogP contribution in [0, 0.1) is 0 Å². The summed E-state index contributed by atoms with van der Waals surface area (Å²) in [5.41, 5.74) is 0.146. The van der Waals surface area contributed by atoms with Crippen molar-refractivity contribution in [1.82, 2.24) is 15.3 Å². The topological polar surface area (TPSA) is 75.1 Å². The zero-order valence-corrected chi connectivity index (χ0v) is 8.31. The Labute approximate surface area is 87.6 Å². The van der Waals surface area contributed by atoms with Crippen molar-refractivity contribution in [2.45, 2.75) is 18.8 Å². The summed E-state index contributed by atoms with van der Waals surface area (Å²) in [5.74, 6) is 0.155. The maximum absolute atomic E-state index is 10.6. The molecule has 2 heterocycles. The molecule has 1 aliphatic rings. The number of aromatic nitrogens is 2. The van der Waals surface area contributed by atoms with Gasteiger partial charge in [0, 0.05) is 18.3 Å². The third-order valence-corrected chi connectivity index (χ3v) is 2.62. The van der Waals surface area contributed by atoms with Gasteiger partial charge in [-0.05, 0) is 25.9 Å². The summed E-state index contributed by atoms with van der Waals surface area (Å²) >= 11 is 0. The van der Waals surface area contributed by atoms with E-state index in [0.29, 0.717) is 5.92 Å². The fraction of sp³-hybridized carbons (Fsp3) is 0.500. The Hall–Kier alpha value is -1.49. The summed E-state index contributed by atoms with van der Waals surface area (Å²) in [6, 6.07) is 0. The number of nitrogens with zero attached hydrogens (tertiary/aromatic N) is 2. The van der Waals surface area contributed by atoms with Gasteiger partial charge in [0.1, 0.15) is 5.82 Å². The number of carboxylic acid groups (broad SMARTS) is 1. The van der Waals surface area contributed by atoms with E-state index >= 15 is 0 Å². The smallest absolute Gasteiger partial charge is 0.338 e. The van der Waals surface area contributed by atoms with Crippen molar-refractivity contribution in [1.29, 1.82) is 0 Å². The number of rotatable bonds is 2. The second-order valence-corrected chi connectivity index (χ2v) is 3.66. The minimum absolute atomic E-state index is 0.146. The molecule has 0 amide bonds. The molecule has 0 atom stereocenters. The lowest BCUT2D eigenvalue weighted by Gasteiger charge is -2.20. The van der Waals surface area contributed by atoms with Gasteiger partial charge in [-0.3, -0.25) is 0 Å². The molecule has 2 N–H and O–H groups in total. The Kier molecular flexibility index (Phi) is 2.91. The highest BCUT2D eigenvalue weighted by Crippen LogP contribution is 2.21. The van der Waals surface area contributed by atoms with E-state index in [4.69, 9.17) is 5.11 Å². The molecule has 0 radical (unpaired) electrons. The second-order valence-electron chi connectivity index (χ2n) is 3.66. The van der Waals surface area contributed by atoms with Crippen LogP contribution in [0.4, 0.5) is 0 Å². The first-order valence-electron chi connectivity index (χ1n) is 5.03. The van der Waals surface area contributed by atoms with Crippen LogP contribution in [-0.4, -0.2) is 34.1 Å².